The number of nitrogens with zero attached hydrogens (tertiary/aromatic N) is 3. The van der Waals surface area contributed by atoms with Gasteiger partial charge in [-0.3, -0.25) is 0 Å². The van der Waals surface area contributed by atoms with E-state index in [1.165, 1.54) is 4.68 Å². The summed E-state index contributed by atoms with van der Waals surface area (Å²) in [5.74, 6) is 1.73. The highest BCUT2D eigenvalue weighted by Gasteiger charge is 2.11. The highest BCUT2D eigenvalue weighted by atomic mass is 79.9. The molecule has 7 heteroatoms. The minimum Gasteiger partial charge on any atom is -0.490 e. The van der Waals surface area contributed by atoms with Crippen LogP contribution in [0.3, 0.4) is 0 Å². The number of imidazole rings is 1. The topological polar surface area (TPSA) is 74.7 Å². The van der Waals surface area contributed by atoms with E-state index in [4.69, 9.17) is 15.2 Å². The molecule has 1 heterocycles. The van der Waals surface area contributed by atoms with Crippen LogP contribution in [0.2, 0.25) is 0 Å². The molecule has 6 nitrogen and oxygen atoms in total. The molecule has 0 aliphatic rings. The molecular formula is C16H21BrN4O2. The minimum atomic E-state index is 0.0642. The molecule has 2 aromatic rings. The lowest BCUT2D eigenvalue weighted by atomic mass is 10.2. The molecule has 2 N–H and O–H groups in total. The minimum absolute atomic E-state index is 0.0642. The number of rotatable bonds is 6. The zero-order valence-electron chi connectivity index (χ0n) is 13.7. The molecule has 0 saturated heterocycles. The van der Waals surface area contributed by atoms with Gasteiger partial charge in [-0.25, -0.2) is 9.66 Å². The van der Waals surface area contributed by atoms with Gasteiger partial charge in [0.05, 0.1) is 30.8 Å². The molecule has 0 radical (unpaired) electrons. The molecule has 0 unspecified atom stereocenters. The molecule has 0 atom stereocenters. The van der Waals surface area contributed by atoms with Crippen LogP contribution >= 0.6 is 15.9 Å². The smallest absolute Gasteiger partial charge is 0.221 e. The second kappa shape index (κ2) is 7.50. The van der Waals surface area contributed by atoms with Crippen molar-refractivity contribution in [1.82, 2.24) is 9.66 Å². The first-order valence-corrected chi connectivity index (χ1v) is 8.18. The number of nitrogens with two attached hydrogens (primary N) is 1. The first kappa shape index (κ1) is 17.3. The number of anilines is 1. The third kappa shape index (κ3) is 4.48. The molecule has 0 fully saturated rings. The zero-order valence-corrected chi connectivity index (χ0v) is 15.3. The van der Waals surface area contributed by atoms with Crippen molar-refractivity contribution >= 4 is 28.1 Å². The molecule has 23 heavy (non-hydrogen) atoms. The number of halogens is 1. The third-order valence-corrected chi connectivity index (χ3v) is 3.57. The predicted octanol–water partition coefficient (Wildman–Crippen LogP) is 3.60. The van der Waals surface area contributed by atoms with Crippen LogP contribution in [0.25, 0.3) is 0 Å². The van der Waals surface area contributed by atoms with Crippen LogP contribution in [0.15, 0.2) is 27.9 Å². The normalized spacial score (nSPS) is 11.4. The lowest BCUT2D eigenvalue weighted by molar-refractivity contribution is 0.223. The second-order valence-electron chi connectivity index (χ2n) is 5.25. The maximum absolute atomic E-state index is 5.78. The Morgan fingerprint density at radius 2 is 2.13 bits per heavy atom. The lowest BCUT2D eigenvalue weighted by Crippen LogP contribution is -2.08. The molecule has 124 valence electrons. The van der Waals surface area contributed by atoms with Gasteiger partial charge in [0.25, 0.3) is 0 Å². The van der Waals surface area contributed by atoms with E-state index in [1.807, 2.05) is 39.8 Å². The Hall–Kier alpha value is -2.02. The van der Waals surface area contributed by atoms with E-state index in [-0.39, 0.29) is 6.10 Å². The fraction of sp³-hybridized carbons (Fsp3) is 0.375. The Morgan fingerprint density at radius 1 is 1.39 bits per heavy atom. The van der Waals surface area contributed by atoms with Crippen molar-refractivity contribution in [2.24, 2.45) is 5.10 Å². The fourth-order valence-electron chi connectivity index (χ4n) is 1.98. The molecule has 1 aromatic carbocycles. The molecule has 0 saturated carbocycles. The van der Waals surface area contributed by atoms with E-state index in [1.54, 1.807) is 12.4 Å². The van der Waals surface area contributed by atoms with Gasteiger partial charge < -0.3 is 15.2 Å². The summed E-state index contributed by atoms with van der Waals surface area (Å²) < 4.78 is 13.8. The lowest BCUT2D eigenvalue weighted by Gasteiger charge is -2.15. The van der Waals surface area contributed by atoms with Crippen molar-refractivity contribution in [3.63, 3.8) is 0 Å². The van der Waals surface area contributed by atoms with E-state index in [0.29, 0.717) is 24.1 Å². The van der Waals surface area contributed by atoms with E-state index in [9.17, 15) is 0 Å². The van der Waals surface area contributed by atoms with Gasteiger partial charge in [-0.1, -0.05) is 0 Å². The van der Waals surface area contributed by atoms with Crippen LogP contribution in [0.5, 0.6) is 11.5 Å². The molecule has 2 rings (SSSR count). The monoisotopic (exact) mass is 380 g/mol. The largest absolute Gasteiger partial charge is 0.490 e. The van der Waals surface area contributed by atoms with Crippen LogP contribution in [0.1, 0.15) is 32.0 Å². The van der Waals surface area contributed by atoms with Gasteiger partial charge in [0.15, 0.2) is 11.5 Å². The third-order valence-electron chi connectivity index (χ3n) is 2.88. The maximum atomic E-state index is 5.78. The summed E-state index contributed by atoms with van der Waals surface area (Å²) in [5, 5.41) is 4.33. The van der Waals surface area contributed by atoms with E-state index in [0.717, 1.165) is 15.7 Å². The average molecular weight is 381 g/mol. The SMILES string of the molecule is CCOc1cc(C=Nn2cc(C)nc2N)c(Br)cc1OC(C)C. The quantitative estimate of drug-likeness (QED) is 0.776. The highest BCUT2D eigenvalue weighted by Crippen LogP contribution is 2.34. The van der Waals surface area contributed by atoms with Crippen molar-refractivity contribution in [2.75, 3.05) is 12.3 Å². The van der Waals surface area contributed by atoms with E-state index >= 15 is 0 Å². The number of hydrogen-bond acceptors (Lipinski definition) is 5. The highest BCUT2D eigenvalue weighted by molar-refractivity contribution is 9.10. The van der Waals surface area contributed by atoms with Gasteiger partial charge in [-0.05, 0) is 55.8 Å². The molecule has 0 spiro atoms. The molecule has 0 aliphatic carbocycles. The molecule has 0 aliphatic heterocycles. The van der Waals surface area contributed by atoms with Gasteiger partial charge in [0.2, 0.25) is 5.95 Å². The second-order valence-corrected chi connectivity index (χ2v) is 6.10. The first-order chi connectivity index (χ1) is 10.9. The van der Waals surface area contributed by atoms with Crippen LogP contribution in [-0.4, -0.2) is 28.6 Å². The summed E-state index contributed by atoms with van der Waals surface area (Å²) in [7, 11) is 0. The summed E-state index contributed by atoms with van der Waals surface area (Å²) in [6.07, 6.45) is 3.53. The number of hydrogen-bond donors (Lipinski definition) is 1. The Bertz CT molecular complexity index is 710. The maximum Gasteiger partial charge on any atom is 0.221 e. The van der Waals surface area contributed by atoms with Gasteiger partial charge in [0.1, 0.15) is 0 Å². The van der Waals surface area contributed by atoms with Crippen molar-refractivity contribution in [1.29, 1.82) is 0 Å². The van der Waals surface area contributed by atoms with E-state index < -0.39 is 0 Å². The van der Waals surface area contributed by atoms with Crippen molar-refractivity contribution in [3.8, 4) is 11.5 Å². The number of benzene rings is 1. The van der Waals surface area contributed by atoms with Crippen LogP contribution < -0.4 is 15.2 Å². The zero-order chi connectivity index (χ0) is 17.0. The van der Waals surface area contributed by atoms with E-state index in [2.05, 4.69) is 26.0 Å². The first-order valence-electron chi connectivity index (χ1n) is 7.39. The number of nitrogen functional groups attached to an aromatic ring is 1. The van der Waals surface area contributed by atoms with Crippen molar-refractivity contribution in [3.05, 3.63) is 34.1 Å². The predicted molar refractivity (Wildman–Crippen MR) is 95.4 cm³/mol. The summed E-state index contributed by atoms with van der Waals surface area (Å²) in [6, 6.07) is 3.77. The Morgan fingerprint density at radius 3 is 2.70 bits per heavy atom. The molecule has 0 amide bonds. The standard InChI is InChI=1S/C16H21BrN4O2/c1-5-22-14-6-12(13(17)7-15(14)23-10(2)3)8-19-21-9-11(4)20-16(21)18/h6-10H,5H2,1-4H3,(H2,18,20). The van der Waals surface area contributed by atoms with Crippen molar-refractivity contribution in [2.45, 2.75) is 33.8 Å². The summed E-state index contributed by atoms with van der Waals surface area (Å²) in [4.78, 5) is 4.11. The van der Waals surface area contributed by atoms with Crippen LogP contribution in [0.4, 0.5) is 5.95 Å². The van der Waals surface area contributed by atoms with Gasteiger partial charge in [-0.2, -0.15) is 5.10 Å². The molecular weight excluding hydrogens is 360 g/mol. The van der Waals surface area contributed by atoms with Crippen LogP contribution in [0, 0.1) is 6.92 Å². The van der Waals surface area contributed by atoms with Crippen LogP contribution in [-0.2, 0) is 0 Å². The molecule has 1 aromatic heterocycles. The van der Waals surface area contributed by atoms with Gasteiger partial charge in [-0.15, -0.1) is 0 Å². The number of aromatic nitrogens is 2. The Kier molecular flexibility index (Phi) is 5.65. The summed E-state index contributed by atoms with van der Waals surface area (Å²) in [6.45, 7) is 8.31. The summed E-state index contributed by atoms with van der Waals surface area (Å²) in [5.41, 5.74) is 7.45. The van der Waals surface area contributed by atoms with Gasteiger partial charge >= 0.3 is 0 Å². The molecule has 0 bridgehead atoms. The Balaban J connectivity index is 2.34. The van der Waals surface area contributed by atoms with Gasteiger partial charge in [0, 0.05) is 10.0 Å². The average Bonchev–Trinajstić information content (AvgIpc) is 2.78. The number of aryl methyl sites for hydroxylation is 1. The Labute approximate surface area is 144 Å². The van der Waals surface area contributed by atoms with Crippen molar-refractivity contribution < 1.29 is 9.47 Å². The summed E-state index contributed by atoms with van der Waals surface area (Å²) >= 11 is 3.54. The fourth-order valence-corrected chi connectivity index (χ4v) is 2.41. The number of ether oxygens (including phenoxy) is 2.